The molecule has 3 heteroatoms. The third kappa shape index (κ3) is 1.18. The Morgan fingerprint density at radius 2 is 2.07 bits per heavy atom. The molecule has 0 saturated carbocycles. The topological polar surface area (TPSA) is 48.4 Å². The van der Waals surface area contributed by atoms with E-state index in [1.807, 2.05) is 31.2 Å². The zero-order valence-electron chi connectivity index (χ0n) is 8.20. The van der Waals surface area contributed by atoms with Crippen molar-refractivity contribution in [3.05, 3.63) is 35.5 Å². The van der Waals surface area contributed by atoms with E-state index in [1.54, 1.807) is 6.92 Å². The first-order valence-corrected chi connectivity index (χ1v) is 4.50. The largest absolute Gasteiger partial charge is 0.411 e. The molecular formula is C11H12N2O. The highest BCUT2D eigenvalue weighted by atomic mass is 16.4. The number of nitrogens with zero attached hydrogens (tertiary/aromatic N) is 1. The minimum atomic E-state index is 0.639. The molecule has 3 nitrogen and oxygen atoms in total. The first kappa shape index (κ1) is 8.81. The zero-order chi connectivity index (χ0) is 10.1. The number of aromatic nitrogens is 1. The molecule has 2 N–H and O–H groups in total. The number of oxime groups is 1. The van der Waals surface area contributed by atoms with Crippen molar-refractivity contribution < 1.29 is 5.21 Å². The quantitative estimate of drug-likeness (QED) is 0.403. The highest BCUT2D eigenvalue weighted by molar-refractivity contribution is 6.10. The van der Waals surface area contributed by atoms with Crippen LogP contribution in [0.2, 0.25) is 0 Å². The van der Waals surface area contributed by atoms with Crippen molar-refractivity contribution in [2.75, 3.05) is 0 Å². The Hall–Kier alpha value is -1.77. The molecule has 0 atom stereocenters. The van der Waals surface area contributed by atoms with Crippen LogP contribution in [0, 0.1) is 6.92 Å². The molecule has 14 heavy (non-hydrogen) atoms. The predicted octanol–water partition coefficient (Wildman–Crippen LogP) is 2.67. The van der Waals surface area contributed by atoms with Gasteiger partial charge in [-0.15, -0.1) is 0 Å². The van der Waals surface area contributed by atoms with Crippen molar-refractivity contribution in [1.82, 2.24) is 4.98 Å². The van der Waals surface area contributed by atoms with Crippen LogP contribution >= 0.6 is 0 Å². The van der Waals surface area contributed by atoms with E-state index < -0.39 is 0 Å². The van der Waals surface area contributed by atoms with Gasteiger partial charge in [0.15, 0.2) is 0 Å². The van der Waals surface area contributed by atoms with Crippen LogP contribution in [0.25, 0.3) is 10.9 Å². The molecule has 72 valence electrons. The van der Waals surface area contributed by atoms with Crippen molar-refractivity contribution >= 4 is 16.6 Å². The number of aromatic amines is 1. The van der Waals surface area contributed by atoms with Gasteiger partial charge in [0.2, 0.25) is 0 Å². The standard InChI is InChI=1S/C11H12N2O/c1-7-11(8(2)13-14)9-5-3-4-6-10(9)12-7/h3-6,12,14H,1-2H3/b13-8-. The van der Waals surface area contributed by atoms with E-state index in [1.165, 1.54) is 0 Å². The fourth-order valence-electron chi connectivity index (χ4n) is 1.79. The third-order valence-corrected chi connectivity index (χ3v) is 2.41. The van der Waals surface area contributed by atoms with E-state index >= 15 is 0 Å². The van der Waals surface area contributed by atoms with Gasteiger partial charge in [-0.05, 0) is 19.9 Å². The van der Waals surface area contributed by atoms with Gasteiger partial charge in [-0.2, -0.15) is 0 Å². The number of aryl methyl sites for hydroxylation is 1. The summed E-state index contributed by atoms with van der Waals surface area (Å²) < 4.78 is 0. The molecule has 1 aromatic carbocycles. The van der Waals surface area contributed by atoms with Gasteiger partial charge in [0.25, 0.3) is 0 Å². The van der Waals surface area contributed by atoms with Gasteiger partial charge < -0.3 is 10.2 Å². The zero-order valence-corrected chi connectivity index (χ0v) is 8.20. The van der Waals surface area contributed by atoms with Crippen LogP contribution in [0.15, 0.2) is 29.4 Å². The summed E-state index contributed by atoms with van der Waals surface area (Å²) in [7, 11) is 0. The average molecular weight is 188 g/mol. The number of H-pyrrole nitrogens is 1. The molecule has 0 aliphatic rings. The molecule has 0 unspecified atom stereocenters. The van der Waals surface area contributed by atoms with Gasteiger partial charge in [-0.1, -0.05) is 23.4 Å². The molecule has 0 aliphatic heterocycles. The molecule has 1 heterocycles. The normalized spacial score (nSPS) is 12.3. The molecule has 0 aliphatic carbocycles. The van der Waals surface area contributed by atoms with E-state index in [0.717, 1.165) is 22.2 Å². The van der Waals surface area contributed by atoms with E-state index in [0.29, 0.717) is 5.71 Å². The van der Waals surface area contributed by atoms with Gasteiger partial charge in [-0.3, -0.25) is 0 Å². The minimum absolute atomic E-state index is 0.639. The maximum Gasteiger partial charge on any atom is 0.0861 e. The summed E-state index contributed by atoms with van der Waals surface area (Å²) in [6, 6.07) is 7.98. The lowest BCUT2D eigenvalue weighted by Crippen LogP contribution is -1.95. The van der Waals surface area contributed by atoms with Crippen molar-refractivity contribution in [1.29, 1.82) is 0 Å². The Morgan fingerprint density at radius 3 is 2.79 bits per heavy atom. The number of hydrogen-bond acceptors (Lipinski definition) is 2. The van der Waals surface area contributed by atoms with Crippen LogP contribution in [-0.2, 0) is 0 Å². The van der Waals surface area contributed by atoms with E-state index in [-0.39, 0.29) is 0 Å². The number of rotatable bonds is 1. The summed E-state index contributed by atoms with van der Waals surface area (Å²) in [5, 5.41) is 13.1. The first-order valence-electron chi connectivity index (χ1n) is 4.50. The SMILES string of the molecule is C/C(=N/O)c1c(C)[nH]c2ccccc12. The number of hydrogen-bond donors (Lipinski definition) is 2. The fraction of sp³-hybridized carbons (Fsp3) is 0.182. The summed E-state index contributed by atoms with van der Waals surface area (Å²) in [4.78, 5) is 3.25. The van der Waals surface area contributed by atoms with Crippen molar-refractivity contribution in [2.24, 2.45) is 5.16 Å². The Morgan fingerprint density at radius 1 is 1.36 bits per heavy atom. The molecule has 0 fully saturated rings. The Balaban J connectivity index is 2.81. The molecule has 0 spiro atoms. The Kier molecular flexibility index (Phi) is 2.00. The predicted molar refractivity (Wildman–Crippen MR) is 57.0 cm³/mol. The summed E-state index contributed by atoms with van der Waals surface area (Å²) in [6.45, 7) is 3.77. The number of nitrogens with one attached hydrogen (secondary N) is 1. The van der Waals surface area contributed by atoms with Crippen molar-refractivity contribution in [2.45, 2.75) is 13.8 Å². The summed E-state index contributed by atoms with van der Waals surface area (Å²) in [6.07, 6.45) is 0. The van der Waals surface area contributed by atoms with Crippen LogP contribution in [0.1, 0.15) is 18.2 Å². The molecule has 0 radical (unpaired) electrons. The highest BCUT2D eigenvalue weighted by Crippen LogP contribution is 2.22. The molecule has 0 amide bonds. The van der Waals surface area contributed by atoms with E-state index in [4.69, 9.17) is 5.21 Å². The average Bonchev–Trinajstić information content (AvgIpc) is 2.53. The van der Waals surface area contributed by atoms with Gasteiger partial charge in [-0.25, -0.2) is 0 Å². The lowest BCUT2D eigenvalue weighted by Gasteiger charge is -1.97. The minimum Gasteiger partial charge on any atom is -0.411 e. The third-order valence-electron chi connectivity index (χ3n) is 2.41. The van der Waals surface area contributed by atoms with Crippen LogP contribution in [-0.4, -0.2) is 15.9 Å². The summed E-state index contributed by atoms with van der Waals surface area (Å²) in [5.41, 5.74) is 3.73. The van der Waals surface area contributed by atoms with Crippen molar-refractivity contribution in [3.63, 3.8) is 0 Å². The monoisotopic (exact) mass is 188 g/mol. The van der Waals surface area contributed by atoms with Gasteiger partial charge >= 0.3 is 0 Å². The van der Waals surface area contributed by atoms with E-state index in [9.17, 15) is 0 Å². The molecule has 2 rings (SSSR count). The highest BCUT2D eigenvalue weighted by Gasteiger charge is 2.10. The van der Waals surface area contributed by atoms with Crippen LogP contribution in [0.3, 0.4) is 0 Å². The van der Waals surface area contributed by atoms with Crippen LogP contribution in [0.4, 0.5) is 0 Å². The van der Waals surface area contributed by atoms with Crippen LogP contribution < -0.4 is 0 Å². The molecular weight excluding hydrogens is 176 g/mol. The molecule has 1 aromatic heterocycles. The van der Waals surface area contributed by atoms with Crippen molar-refractivity contribution in [3.8, 4) is 0 Å². The number of fused-ring (bicyclic) bond motifs is 1. The van der Waals surface area contributed by atoms with Gasteiger partial charge in [0.1, 0.15) is 0 Å². The molecule has 0 saturated heterocycles. The second kappa shape index (κ2) is 3.18. The maximum atomic E-state index is 8.76. The Bertz CT molecular complexity index is 497. The van der Waals surface area contributed by atoms with Gasteiger partial charge in [0.05, 0.1) is 5.71 Å². The second-order valence-electron chi connectivity index (χ2n) is 3.36. The Labute approximate surface area is 82.1 Å². The fourth-order valence-corrected chi connectivity index (χ4v) is 1.79. The smallest absolute Gasteiger partial charge is 0.0861 e. The lowest BCUT2D eigenvalue weighted by atomic mass is 10.1. The molecule has 2 aromatic rings. The van der Waals surface area contributed by atoms with E-state index in [2.05, 4.69) is 10.1 Å². The molecule has 0 bridgehead atoms. The summed E-state index contributed by atoms with van der Waals surface area (Å²) in [5.74, 6) is 0. The first-order chi connectivity index (χ1) is 6.74. The second-order valence-corrected chi connectivity index (χ2v) is 3.36. The number of para-hydroxylation sites is 1. The maximum absolute atomic E-state index is 8.76. The summed E-state index contributed by atoms with van der Waals surface area (Å²) >= 11 is 0. The number of benzene rings is 1. The van der Waals surface area contributed by atoms with Crippen LogP contribution in [0.5, 0.6) is 0 Å². The van der Waals surface area contributed by atoms with Gasteiger partial charge in [0, 0.05) is 22.2 Å². The lowest BCUT2D eigenvalue weighted by molar-refractivity contribution is 0.319.